The average Bonchev–Trinajstić information content (AvgIpc) is 2.50. The molecule has 0 aliphatic rings. The summed E-state index contributed by atoms with van der Waals surface area (Å²) in [6, 6.07) is 7.11. The van der Waals surface area contributed by atoms with E-state index in [1.807, 2.05) is 31.2 Å². The molecule has 1 rings (SSSR count). The number of carbonyl (C=O) groups excluding carboxylic acids is 2. The summed E-state index contributed by atoms with van der Waals surface area (Å²) in [4.78, 5) is 24.4. The van der Waals surface area contributed by atoms with E-state index in [4.69, 9.17) is 4.74 Å². The summed E-state index contributed by atoms with van der Waals surface area (Å²) < 4.78 is 4.97. The summed E-state index contributed by atoms with van der Waals surface area (Å²) in [6.45, 7) is 11.2. The zero-order chi connectivity index (χ0) is 17.5. The first-order valence-electron chi connectivity index (χ1n) is 8.33. The maximum absolute atomic E-state index is 12.7. The fraction of sp³-hybridized carbons (Fsp3) is 0.579. The van der Waals surface area contributed by atoms with Crippen LogP contribution in [0.25, 0.3) is 0 Å². The standard InChI is InChI=1S/C19H29NO3/c1-6-12-20-16(13-17(21)23-7-2)18(22)14-8-10-15(11-9-14)19(3,4)5/h8-11,16,20H,6-7,12-13H2,1-5H3. The normalized spacial score (nSPS) is 12.7. The molecule has 1 atom stereocenters. The van der Waals surface area contributed by atoms with Gasteiger partial charge in [0.2, 0.25) is 0 Å². The number of esters is 1. The van der Waals surface area contributed by atoms with Crippen molar-refractivity contribution in [1.29, 1.82) is 0 Å². The van der Waals surface area contributed by atoms with Gasteiger partial charge in [-0.1, -0.05) is 52.0 Å². The Hall–Kier alpha value is -1.68. The summed E-state index contributed by atoms with van der Waals surface area (Å²) in [5.41, 5.74) is 1.85. The quantitative estimate of drug-likeness (QED) is 0.589. The molecule has 4 heteroatoms. The van der Waals surface area contributed by atoms with E-state index in [-0.39, 0.29) is 23.6 Å². The molecule has 1 unspecified atom stereocenters. The highest BCUT2D eigenvalue weighted by atomic mass is 16.5. The number of hydrogen-bond donors (Lipinski definition) is 1. The van der Waals surface area contributed by atoms with Crippen LogP contribution >= 0.6 is 0 Å². The van der Waals surface area contributed by atoms with Crippen LogP contribution < -0.4 is 5.32 Å². The van der Waals surface area contributed by atoms with Crippen LogP contribution in [0.3, 0.4) is 0 Å². The second-order valence-corrected chi connectivity index (χ2v) is 6.71. The maximum Gasteiger partial charge on any atom is 0.307 e. The lowest BCUT2D eigenvalue weighted by Crippen LogP contribution is -2.39. The van der Waals surface area contributed by atoms with Gasteiger partial charge in [0.05, 0.1) is 19.1 Å². The highest BCUT2D eigenvalue weighted by molar-refractivity contribution is 6.01. The zero-order valence-corrected chi connectivity index (χ0v) is 14.9. The summed E-state index contributed by atoms with van der Waals surface area (Å²) in [7, 11) is 0. The minimum atomic E-state index is -0.533. The molecular weight excluding hydrogens is 290 g/mol. The lowest BCUT2D eigenvalue weighted by Gasteiger charge is -2.20. The van der Waals surface area contributed by atoms with E-state index in [1.54, 1.807) is 6.92 Å². The maximum atomic E-state index is 12.7. The van der Waals surface area contributed by atoms with Gasteiger partial charge in [-0.3, -0.25) is 9.59 Å². The Bertz CT molecular complexity index is 514. The third-order valence-electron chi connectivity index (χ3n) is 3.67. The molecule has 0 fully saturated rings. The van der Waals surface area contributed by atoms with Crippen molar-refractivity contribution >= 4 is 11.8 Å². The summed E-state index contributed by atoms with van der Waals surface area (Å²) in [5.74, 6) is -0.410. The van der Waals surface area contributed by atoms with E-state index in [9.17, 15) is 9.59 Å². The molecule has 0 radical (unpaired) electrons. The number of rotatable bonds is 8. The Morgan fingerprint density at radius 1 is 1.13 bits per heavy atom. The molecule has 0 saturated carbocycles. The minimum Gasteiger partial charge on any atom is -0.466 e. The van der Waals surface area contributed by atoms with Crippen LogP contribution in [-0.2, 0) is 14.9 Å². The highest BCUT2D eigenvalue weighted by Gasteiger charge is 2.23. The van der Waals surface area contributed by atoms with Crippen molar-refractivity contribution in [2.75, 3.05) is 13.2 Å². The lowest BCUT2D eigenvalue weighted by atomic mass is 9.86. The SMILES string of the molecule is CCCNC(CC(=O)OCC)C(=O)c1ccc(C(C)(C)C)cc1. The Morgan fingerprint density at radius 2 is 1.74 bits per heavy atom. The van der Waals surface area contributed by atoms with E-state index < -0.39 is 6.04 Å². The van der Waals surface area contributed by atoms with Crippen LogP contribution in [0.4, 0.5) is 0 Å². The van der Waals surface area contributed by atoms with Gasteiger partial charge in [-0.2, -0.15) is 0 Å². The van der Waals surface area contributed by atoms with E-state index >= 15 is 0 Å². The van der Waals surface area contributed by atoms with Crippen molar-refractivity contribution in [3.8, 4) is 0 Å². The molecule has 1 N–H and O–H groups in total. The van der Waals surface area contributed by atoms with E-state index in [1.165, 1.54) is 5.56 Å². The minimum absolute atomic E-state index is 0.0480. The third-order valence-corrected chi connectivity index (χ3v) is 3.67. The first-order chi connectivity index (χ1) is 10.8. The van der Waals surface area contributed by atoms with Gasteiger partial charge in [0.1, 0.15) is 0 Å². The summed E-state index contributed by atoms with van der Waals surface area (Å²) in [5, 5.41) is 3.15. The second-order valence-electron chi connectivity index (χ2n) is 6.71. The van der Waals surface area contributed by atoms with Crippen molar-refractivity contribution in [2.45, 2.75) is 58.9 Å². The molecule has 0 aliphatic heterocycles. The van der Waals surface area contributed by atoms with Gasteiger partial charge in [-0.05, 0) is 30.9 Å². The first kappa shape index (κ1) is 19.4. The van der Waals surface area contributed by atoms with Gasteiger partial charge in [-0.25, -0.2) is 0 Å². The molecule has 23 heavy (non-hydrogen) atoms. The van der Waals surface area contributed by atoms with Gasteiger partial charge in [0.25, 0.3) is 0 Å². The molecule has 0 aliphatic carbocycles. The molecule has 0 aromatic heterocycles. The van der Waals surface area contributed by atoms with Crippen LogP contribution in [0.5, 0.6) is 0 Å². The second kappa shape index (κ2) is 8.82. The first-order valence-corrected chi connectivity index (χ1v) is 8.33. The number of nitrogens with one attached hydrogen (secondary N) is 1. The molecule has 0 spiro atoms. The van der Waals surface area contributed by atoms with E-state index in [0.29, 0.717) is 18.7 Å². The summed E-state index contributed by atoms with van der Waals surface area (Å²) >= 11 is 0. The van der Waals surface area contributed by atoms with Crippen molar-refractivity contribution < 1.29 is 14.3 Å². The zero-order valence-electron chi connectivity index (χ0n) is 14.9. The van der Waals surface area contributed by atoms with Crippen molar-refractivity contribution in [1.82, 2.24) is 5.32 Å². The molecule has 1 aromatic carbocycles. The average molecular weight is 319 g/mol. The van der Waals surface area contributed by atoms with Crippen LogP contribution in [0.15, 0.2) is 24.3 Å². The largest absolute Gasteiger partial charge is 0.466 e. The van der Waals surface area contributed by atoms with Crippen molar-refractivity contribution in [3.05, 3.63) is 35.4 Å². The van der Waals surface area contributed by atoms with Crippen LogP contribution in [0.1, 0.15) is 63.4 Å². The van der Waals surface area contributed by atoms with Crippen LogP contribution in [0.2, 0.25) is 0 Å². The van der Waals surface area contributed by atoms with E-state index in [2.05, 4.69) is 26.1 Å². The van der Waals surface area contributed by atoms with Gasteiger partial charge in [0.15, 0.2) is 5.78 Å². The van der Waals surface area contributed by atoms with Crippen LogP contribution in [0, 0.1) is 0 Å². The van der Waals surface area contributed by atoms with Gasteiger partial charge < -0.3 is 10.1 Å². The Labute approximate surface area is 139 Å². The fourth-order valence-corrected chi connectivity index (χ4v) is 2.30. The Kier molecular flexibility index (Phi) is 7.43. The molecule has 128 valence electrons. The molecule has 0 heterocycles. The highest BCUT2D eigenvalue weighted by Crippen LogP contribution is 2.22. The molecular formula is C19H29NO3. The van der Waals surface area contributed by atoms with Gasteiger partial charge >= 0.3 is 5.97 Å². The molecule has 1 aromatic rings. The van der Waals surface area contributed by atoms with Crippen LogP contribution in [-0.4, -0.2) is 30.9 Å². The molecule has 4 nitrogen and oxygen atoms in total. The number of hydrogen-bond acceptors (Lipinski definition) is 4. The number of benzene rings is 1. The number of carbonyl (C=O) groups is 2. The summed E-state index contributed by atoms with van der Waals surface area (Å²) in [6.07, 6.45) is 0.962. The van der Waals surface area contributed by atoms with Crippen molar-refractivity contribution in [3.63, 3.8) is 0 Å². The topological polar surface area (TPSA) is 55.4 Å². The van der Waals surface area contributed by atoms with Crippen molar-refractivity contribution in [2.24, 2.45) is 0 Å². The monoisotopic (exact) mass is 319 g/mol. The predicted octanol–water partition coefficient (Wildman–Crippen LogP) is 3.49. The predicted molar refractivity (Wildman–Crippen MR) is 92.8 cm³/mol. The Balaban J connectivity index is 2.88. The molecule has 0 bridgehead atoms. The van der Waals surface area contributed by atoms with E-state index in [0.717, 1.165) is 6.42 Å². The van der Waals surface area contributed by atoms with Gasteiger partial charge in [-0.15, -0.1) is 0 Å². The fourth-order valence-electron chi connectivity index (χ4n) is 2.30. The lowest BCUT2D eigenvalue weighted by molar-refractivity contribution is -0.143. The molecule has 0 amide bonds. The number of ether oxygens (including phenoxy) is 1. The molecule has 0 saturated heterocycles. The third kappa shape index (κ3) is 6.14. The van der Waals surface area contributed by atoms with Gasteiger partial charge in [0, 0.05) is 5.56 Å². The number of ketones is 1. The Morgan fingerprint density at radius 3 is 2.22 bits per heavy atom. The number of Topliss-reactive ketones (excluding diaryl/α,β-unsaturated/α-hetero) is 1. The smallest absolute Gasteiger partial charge is 0.307 e.